The van der Waals surface area contributed by atoms with E-state index in [1.807, 2.05) is 0 Å². The quantitative estimate of drug-likeness (QED) is 0.827. The Labute approximate surface area is 119 Å². The van der Waals surface area contributed by atoms with E-state index >= 15 is 0 Å². The molecular formula is C16H24BrN. The van der Waals surface area contributed by atoms with Gasteiger partial charge in [0.25, 0.3) is 0 Å². The number of hydrogen-bond acceptors (Lipinski definition) is 1. The van der Waals surface area contributed by atoms with Gasteiger partial charge in [0.1, 0.15) is 0 Å². The van der Waals surface area contributed by atoms with Crippen LogP contribution in [-0.4, -0.2) is 13.1 Å². The molecule has 1 aromatic rings. The Kier molecular flexibility index (Phi) is 5.25. The molecule has 0 spiro atoms. The second-order valence-corrected chi connectivity index (χ2v) is 6.80. The SMILES string of the molecule is CC(C)CNCC1CCC1Cc1ccccc1Br. The average Bonchev–Trinajstić information content (AvgIpc) is 2.32. The summed E-state index contributed by atoms with van der Waals surface area (Å²) < 4.78 is 1.27. The van der Waals surface area contributed by atoms with Crippen LogP contribution in [0.1, 0.15) is 32.3 Å². The van der Waals surface area contributed by atoms with Crippen LogP contribution in [0.5, 0.6) is 0 Å². The van der Waals surface area contributed by atoms with E-state index in [9.17, 15) is 0 Å². The molecule has 100 valence electrons. The fourth-order valence-electron chi connectivity index (χ4n) is 2.68. The fourth-order valence-corrected chi connectivity index (χ4v) is 3.13. The molecule has 2 unspecified atom stereocenters. The predicted octanol–water partition coefficient (Wildman–Crippen LogP) is 4.26. The Morgan fingerprint density at radius 2 is 1.94 bits per heavy atom. The van der Waals surface area contributed by atoms with Gasteiger partial charge in [0, 0.05) is 4.47 Å². The first-order valence-electron chi connectivity index (χ1n) is 7.11. The lowest BCUT2D eigenvalue weighted by Crippen LogP contribution is -2.37. The van der Waals surface area contributed by atoms with Gasteiger partial charge in [-0.15, -0.1) is 0 Å². The first-order valence-corrected chi connectivity index (χ1v) is 7.90. The van der Waals surface area contributed by atoms with Gasteiger partial charge in [-0.2, -0.15) is 0 Å². The number of rotatable bonds is 6. The van der Waals surface area contributed by atoms with E-state index in [1.165, 1.54) is 35.8 Å². The molecular weight excluding hydrogens is 286 g/mol. The van der Waals surface area contributed by atoms with E-state index in [0.29, 0.717) is 0 Å². The van der Waals surface area contributed by atoms with Gasteiger partial charge in [-0.25, -0.2) is 0 Å². The molecule has 0 aliphatic heterocycles. The van der Waals surface area contributed by atoms with Crippen LogP contribution in [0.15, 0.2) is 28.7 Å². The minimum absolute atomic E-state index is 0.756. The van der Waals surface area contributed by atoms with E-state index in [2.05, 4.69) is 59.4 Å². The minimum atomic E-state index is 0.756. The molecule has 2 heteroatoms. The number of nitrogens with one attached hydrogen (secondary N) is 1. The zero-order valence-electron chi connectivity index (χ0n) is 11.5. The molecule has 1 nitrogen and oxygen atoms in total. The highest BCUT2D eigenvalue weighted by Gasteiger charge is 2.30. The van der Waals surface area contributed by atoms with Crippen molar-refractivity contribution in [1.82, 2.24) is 5.32 Å². The summed E-state index contributed by atoms with van der Waals surface area (Å²) in [7, 11) is 0. The summed E-state index contributed by atoms with van der Waals surface area (Å²) in [5.41, 5.74) is 1.47. The fraction of sp³-hybridized carbons (Fsp3) is 0.625. The summed E-state index contributed by atoms with van der Waals surface area (Å²) in [6.07, 6.45) is 4.03. The molecule has 1 N–H and O–H groups in total. The van der Waals surface area contributed by atoms with Crippen molar-refractivity contribution in [1.29, 1.82) is 0 Å². The smallest absolute Gasteiger partial charge is 0.0207 e. The van der Waals surface area contributed by atoms with Gasteiger partial charge in [-0.05, 0) is 61.7 Å². The number of halogens is 1. The normalized spacial score (nSPS) is 23.1. The molecule has 1 saturated carbocycles. The summed E-state index contributed by atoms with van der Waals surface area (Å²) in [5.74, 6) is 2.52. The van der Waals surface area contributed by atoms with E-state index in [-0.39, 0.29) is 0 Å². The molecule has 2 atom stereocenters. The lowest BCUT2D eigenvalue weighted by atomic mass is 9.70. The van der Waals surface area contributed by atoms with Crippen molar-refractivity contribution < 1.29 is 0 Å². The van der Waals surface area contributed by atoms with Gasteiger partial charge in [0.15, 0.2) is 0 Å². The molecule has 0 bridgehead atoms. The van der Waals surface area contributed by atoms with E-state index in [0.717, 1.165) is 24.3 Å². The van der Waals surface area contributed by atoms with Crippen molar-refractivity contribution in [3.05, 3.63) is 34.3 Å². The molecule has 0 aromatic heterocycles. The Morgan fingerprint density at radius 1 is 1.22 bits per heavy atom. The largest absolute Gasteiger partial charge is 0.316 e. The molecule has 0 radical (unpaired) electrons. The molecule has 1 aromatic carbocycles. The molecule has 1 aliphatic rings. The Hall–Kier alpha value is -0.340. The van der Waals surface area contributed by atoms with Crippen LogP contribution < -0.4 is 5.32 Å². The highest BCUT2D eigenvalue weighted by atomic mass is 79.9. The van der Waals surface area contributed by atoms with Crippen molar-refractivity contribution in [2.24, 2.45) is 17.8 Å². The topological polar surface area (TPSA) is 12.0 Å². The first kappa shape index (κ1) is 14.1. The van der Waals surface area contributed by atoms with Crippen LogP contribution in [0.25, 0.3) is 0 Å². The summed E-state index contributed by atoms with van der Waals surface area (Å²) in [4.78, 5) is 0. The van der Waals surface area contributed by atoms with Crippen LogP contribution in [0.2, 0.25) is 0 Å². The maximum absolute atomic E-state index is 3.65. The zero-order valence-corrected chi connectivity index (χ0v) is 13.0. The second-order valence-electron chi connectivity index (χ2n) is 5.95. The third kappa shape index (κ3) is 3.83. The standard InChI is InChI=1S/C16H24BrN/c1-12(2)10-18-11-15-8-7-13(15)9-14-5-3-4-6-16(14)17/h3-6,12-13,15,18H,7-11H2,1-2H3. The maximum Gasteiger partial charge on any atom is 0.0207 e. The van der Waals surface area contributed by atoms with Crippen molar-refractivity contribution in [2.75, 3.05) is 13.1 Å². The predicted molar refractivity (Wildman–Crippen MR) is 81.8 cm³/mol. The zero-order chi connectivity index (χ0) is 13.0. The summed E-state index contributed by atoms with van der Waals surface area (Å²) in [6, 6.07) is 8.64. The van der Waals surface area contributed by atoms with Gasteiger partial charge in [0.05, 0.1) is 0 Å². The number of hydrogen-bond donors (Lipinski definition) is 1. The maximum atomic E-state index is 3.65. The van der Waals surface area contributed by atoms with Crippen LogP contribution in [0.3, 0.4) is 0 Å². The monoisotopic (exact) mass is 309 g/mol. The molecule has 0 heterocycles. The van der Waals surface area contributed by atoms with Crippen molar-refractivity contribution in [3.63, 3.8) is 0 Å². The first-order chi connectivity index (χ1) is 8.66. The molecule has 1 aliphatic carbocycles. The molecule has 0 saturated heterocycles. The van der Waals surface area contributed by atoms with E-state index in [4.69, 9.17) is 0 Å². The lowest BCUT2D eigenvalue weighted by molar-refractivity contribution is 0.169. The highest BCUT2D eigenvalue weighted by molar-refractivity contribution is 9.10. The van der Waals surface area contributed by atoms with Gasteiger partial charge in [-0.1, -0.05) is 48.0 Å². The Morgan fingerprint density at radius 3 is 2.56 bits per heavy atom. The lowest BCUT2D eigenvalue weighted by Gasteiger charge is -2.37. The van der Waals surface area contributed by atoms with Gasteiger partial charge >= 0.3 is 0 Å². The average molecular weight is 310 g/mol. The van der Waals surface area contributed by atoms with Crippen LogP contribution >= 0.6 is 15.9 Å². The summed E-state index contributed by atoms with van der Waals surface area (Å²) in [5, 5.41) is 3.61. The van der Waals surface area contributed by atoms with Crippen LogP contribution in [0.4, 0.5) is 0 Å². The van der Waals surface area contributed by atoms with Crippen molar-refractivity contribution >= 4 is 15.9 Å². The second kappa shape index (κ2) is 6.72. The van der Waals surface area contributed by atoms with Crippen molar-refractivity contribution in [2.45, 2.75) is 33.1 Å². The van der Waals surface area contributed by atoms with E-state index < -0.39 is 0 Å². The summed E-state index contributed by atoms with van der Waals surface area (Å²) >= 11 is 3.65. The van der Waals surface area contributed by atoms with E-state index in [1.54, 1.807) is 0 Å². The van der Waals surface area contributed by atoms with Crippen LogP contribution in [0, 0.1) is 17.8 Å². The van der Waals surface area contributed by atoms with Gasteiger partial charge in [0.2, 0.25) is 0 Å². The Bertz CT molecular complexity index is 375. The molecule has 18 heavy (non-hydrogen) atoms. The molecule has 1 fully saturated rings. The number of benzene rings is 1. The Balaban J connectivity index is 1.78. The highest BCUT2D eigenvalue weighted by Crippen LogP contribution is 2.37. The molecule has 0 amide bonds. The third-order valence-corrected chi connectivity index (χ3v) is 4.75. The minimum Gasteiger partial charge on any atom is -0.316 e. The van der Waals surface area contributed by atoms with Crippen molar-refractivity contribution in [3.8, 4) is 0 Å². The summed E-state index contributed by atoms with van der Waals surface area (Å²) in [6.45, 7) is 6.89. The molecule has 2 rings (SSSR count). The van der Waals surface area contributed by atoms with Gasteiger partial charge < -0.3 is 5.32 Å². The third-order valence-electron chi connectivity index (χ3n) is 3.97. The van der Waals surface area contributed by atoms with Crippen LogP contribution in [-0.2, 0) is 6.42 Å². The van der Waals surface area contributed by atoms with Gasteiger partial charge in [-0.3, -0.25) is 0 Å².